The van der Waals surface area contributed by atoms with E-state index in [1.54, 1.807) is 12.1 Å². The SMILES string of the molecule is O=S(=O)(Cc1ccccc1F)N1CCC[C@H]1c1nnc2n1CCCCC2. The number of rotatable bonds is 4. The molecule has 2 aliphatic heterocycles. The zero-order valence-corrected chi connectivity index (χ0v) is 15.5. The number of aromatic nitrogens is 3. The van der Waals surface area contributed by atoms with Crippen LogP contribution in [-0.4, -0.2) is 34.0 Å². The average Bonchev–Trinajstić information content (AvgIpc) is 3.18. The molecule has 3 heterocycles. The van der Waals surface area contributed by atoms with Gasteiger partial charge in [-0.15, -0.1) is 10.2 Å². The van der Waals surface area contributed by atoms with Gasteiger partial charge in [0.25, 0.3) is 0 Å². The number of nitrogens with zero attached hydrogens (tertiary/aromatic N) is 4. The summed E-state index contributed by atoms with van der Waals surface area (Å²) in [6.07, 6.45) is 5.72. The molecule has 0 aliphatic carbocycles. The van der Waals surface area contributed by atoms with E-state index >= 15 is 0 Å². The van der Waals surface area contributed by atoms with Gasteiger partial charge in [-0.05, 0) is 31.7 Å². The highest BCUT2D eigenvalue weighted by Gasteiger charge is 2.38. The lowest BCUT2D eigenvalue weighted by atomic mass is 10.2. The summed E-state index contributed by atoms with van der Waals surface area (Å²) < 4.78 is 43.5. The van der Waals surface area contributed by atoms with Crippen molar-refractivity contribution < 1.29 is 12.8 Å². The molecule has 6 nitrogen and oxygen atoms in total. The Balaban J connectivity index is 1.63. The lowest BCUT2D eigenvalue weighted by Gasteiger charge is -2.24. The quantitative estimate of drug-likeness (QED) is 0.820. The van der Waals surface area contributed by atoms with Crippen LogP contribution < -0.4 is 0 Å². The summed E-state index contributed by atoms with van der Waals surface area (Å²) in [5, 5.41) is 8.65. The van der Waals surface area contributed by atoms with Crippen molar-refractivity contribution in [3.8, 4) is 0 Å². The van der Waals surface area contributed by atoms with Crippen LogP contribution in [0.1, 0.15) is 55.4 Å². The maximum Gasteiger partial charge on any atom is 0.219 e. The minimum absolute atomic E-state index is 0.207. The van der Waals surface area contributed by atoms with Gasteiger partial charge in [-0.2, -0.15) is 4.31 Å². The van der Waals surface area contributed by atoms with Gasteiger partial charge in [-0.25, -0.2) is 12.8 Å². The zero-order chi connectivity index (χ0) is 18.1. The van der Waals surface area contributed by atoms with Gasteiger partial charge in [0.1, 0.15) is 11.6 Å². The number of sulfonamides is 1. The highest BCUT2D eigenvalue weighted by atomic mass is 32.2. The first-order chi connectivity index (χ1) is 12.6. The van der Waals surface area contributed by atoms with Crippen LogP contribution in [0.5, 0.6) is 0 Å². The third kappa shape index (κ3) is 3.27. The van der Waals surface area contributed by atoms with Gasteiger partial charge in [0.15, 0.2) is 5.82 Å². The molecule has 2 aliphatic rings. The van der Waals surface area contributed by atoms with Crippen molar-refractivity contribution in [2.45, 2.75) is 56.9 Å². The van der Waals surface area contributed by atoms with Gasteiger partial charge >= 0.3 is 0 Å². The monoisotopic (exact) mass is 378 g/mol. The Morgan fingerprint density at radius 1 is 1.08 bits per heavy atom. The summed E-state index contributed by atoms with van der Waals surface area (Å²) in [6.45, 7) is 1.29. The Morgan fingerprint density at radius 3 is 2.77 bits per heavy atom. The van der Waals surface area contributed by atoms with Gasteiger partial charge in [0.05, 0.1) is 11.8 Å². The largest absolute Gasteiger partial charge is 0.314 e. The molecule has 0 saturated carbocycles. The predicted molar refractivity (Wildman–Crippen MR) is 95.3 cm³/mol. The molecule has 140 valence electrons. The third-order valence-corrected chi connectivity index (χ3v) is 7.12. The van der Waals surface area contributed by atoms with Crippen molar-refractivity contribution in [3.05, 3.63) is 47.3 Å². The van der Waals surface area contributed by atoms with E-state index < -0.39 is 15.8 Å². The third-order valence-electron chi connectivity index (χ3n) is 5.29. The highest BCUT2D eigenvalue weighted by molar-refractivity contribution is 7.88. The fraction of sp³-hybridized carbons (Fsp3) is 0.556. The normalized spacial score (nSPS) is 21.5. The molecule has 1 atom stereocenters. The average molecular weight is 378 g/mol. The van der Waals surface area contributed by atoms with Gasteiger partial charge in [0.2, 0.25) is 10.0 Å². The Labute approximate surface area is 153 Å². The summed E-state index contributed by atoms with van der Waals surface area (Å²) in [5.74, 6) is 0.896. The molecule has 0 radical (unpaired) electrons. The lowest BCUT2D eigenvalue weighted by Crippen LogP contribution is -2.33. The number of benzene rings is 1. The van der Waals surface area contributed by atoms with E-state index in [0.29, 0.717) is 6.54 Å². The van der Waals surface area contributed by atoms with E-state index in [1.807, 2.05) is 0 Å². The molecule has 1 saturated heterocycles. The second kappa shape index (κ2) is 7.08. The summed E-state index contributed by atoms with van der Waals surface area (Å²) in [4.78, 5) is 0. The Kier molecular flexibility index (Phi) is 4.79. The molecular formula is C18H23FN4O2S. The van der Waals surface area contributed by atoms with Crippen molar-refractivity contribution in [1.82, 2.24) is 19.1 Å². The zero-order valence-electron chi connectivity index (χ0n) is 14.6. The first-order valence-electron chi connectivity index (χ1n) is 9.21. The molecular weight excluding hydrogens is 355 g/mol. The molecule has 0 N–H and O–H groups in total. The minimum atomic E-state index is -3.63. The molecule has 0 spiro atoms. The maximum atomic E-state index is 13.9. The van der Waals surface area contributed by atoms with Gasteiger partial charge in [-0.3, -0.25) is 0 Å². The highest BCUT2D eigenvalue weighted by Crippen LogP contribution is 2.35. The van der Waals surface area contributed by atoms with Crippen molar-refractivity contribution >= 4 is 10.0 Å². The van der Waals surface area contributed by atoms with Crippen LogP contribution in [0.4, 0.5) is 4.39 Å². The number of hydrogen-bond acceptors (Lipinski definition) is 4. The van der Waals surface area contributed by atoms with E-state index in [0.717, 1.165) is 56.7 Å². The van der Waals surface area contributed by atoms with E-state index in [4.69, 9.17) is 0 Å². The molecule has 0 bridgehead atoms. The van der Waals surface area contributed by atoms with Crippen molar-refractivity contribution in [3.63, 3.8) is 0 Å². The van der Waals surface area contributed by atoms with Crippen LogP contribution >= 0.6 is 0 Å². The van der Waals surface area contributed by atoms with Crippen LogP contribution in [0.3, 0.4) is 0 Å². The number of aryl methyl sites for hydroxylation is 1. The van der Waals surface area contributed by atoms with E-state index in [2.05, 4.69) is 14.8 Å². The molecule has 0 amide bonds. The van der Waals surface area contributed by atoms with Crippen LogP contribution in [0.15, 0.2) is 24.3 Å². The minimum Gasteiger partial charge on any atom is -0.314 e. The van der Waals surface area contributed by atoms with Crippen molar-refractivity contribution in [2.24, 2.45) is 0 Å². The van der Waals surface area contributed by atoms with E-state index in [1.165, 1.54) is 16.4 Å². The standard InChI is InChI=1S/C18H23FN4O2S/c19-15-8-4-3-7-14(15)13-26(24,25)23-12-6-9-16(23)18-21-20-17-10-2-1-5-11-22(17)18/h3-4,7-8,16H,1-2,5-6,9-13H2/t16-/m0/s1. The predicted octanol–water partition coefficient (Wildman–Crippen LogP) is 2.81. The summed E-state index contributed by atoms with van der Waals surface area (Å²) in [6, 6.07) is 5.75. The number of halogens is 1. The fourth-order valence-electron chi connectivity index (χ4n) is 3.98. The lowest BCUT2D eigenvalue weighted by molar-refractivity contribution is 0.369. The topological polar surface area (TPSA) is 68.1 Å². The second-order valence-corrected chi connectivity index (χ2v) is 8.97. The number of fused-ring (bicyclic) bond motifs is 1. The Hall–Kier alpha value is -1.80. The molecule has 0 unspecified atom stereocenters. The van der Waals surface area contributed by atoms with E-state index in [9.17, 15) is 12.8 Å². The smallest absolute Gasteiger partial charge is 0.219 e. The molecule has 1 fully saturated rings. The van der Waals surface area contributed by atoms with Crippen LogP contribution in [0.2, 0.25) is 0 Å². The van der Waals surface area contributed by atoms with Gasteiger partial charge in [0, 0.05) is 25.1 Å². The molecule has 26 heavy (non-hydrogen) atoms. The van der Waals surface area contributed by atoms with Crippen LogP contribution in [-0.2, 0) is 28.7 Å². The molecule has 2 aromatic rings. The van der Waals surface area contributed by atoms with Crippen LogP contribution in [0, 0.1) is 5.82 Å². The fourth-order valence-corrected chi connectivity index (χ4v) is 5.77. The van der Waals surface area contributed by atoms with Gasteiger partial charge < -0.3 is 4.57 Å². The van der Waals surface area contributed by atoms with E-state index in [-0.39, 0.29) is 17.4 Å². The van der Waals surface area contributed by atoms with Gasteiger partial charge in [-0.1, -0.05) is 24.6 Å². The first-order valence-corrected chi connectivity index (χ1v) is 10.8. The second-order valence-electron chi connectivity index (χ2n) is 7.05. The number of hydrogen-bond donors (Lipinski definition) is 0. The van der Waals surface area contributed by atoms with Crippen LogP contribution in [0.25, 0.3) is 0 Å². The molecule has 8 heteroatoms. The first kappa shape index (κ1) is 17.6. The maximum absolute atomic E-state index is 13.9. The Morgan fingerprint density at radius 2 is 1.92 bits per heavy atom. The van der Waals surface area contributed by atoms with Crippen molar-refractivity contribution in [2.75, 3.05) is 6.54 Å². The molecule has 1 aromatic heterocycles. The summed E-state index contributed by atoms with van der Waals surface area (Å²) >= 11 is 0. The summed E-state index contributed by atoms with van der Waals surface area (Å²) in [5.41, 5.74) is 0.207. The van der Waals surface area contributed by atoms with Crippen molar-refractivity contribution in [1.29, 1.82) is 0 Å². The molecule has 1 aromatic carbocycles. The Bertz CT molecular complexity index is 896. The summed E-state index contributed by atoms with van der Waals surface area (Å²) in [7, 11) is -3.63. The molecule has 4 rings (SSSR count).